The summed E-state index contributed by atoms with van der Waals surface area (Å²) in [5, 5.41) is 13.6. The monoisotopic (exact) mass is 332 g/mol. The Morgan fingerprint density at radius 2 is 1.68 bits per heavy atom. The van der Waals surface area contributed by atoms with Crippen LogP contribution in [0.3, 0.4) is 0 Å². The van der Waals surface area contributed by atoms with Crippen molar-refractivity contribution in [3.05, 3.63) is 49.1 Å². The molecule has 8 nitrogen and oxygen atoms in total. The molecule has 0 radical (unpaired) electrons. The number of rotatable bonds is 2. The van der Waals surface area contributed by atoms with Crippen LogP contribution in [0.15, 0.2) is 49.1 Å². The standard InChI is InChI=1S/C17H16N8/c1-2-4-14-13(3-1)17(19-11-18-14)24-9-7-23(8-10-24)16-6-5-15-21-20-12-25(15)22-16/h1-6,11-12H,7-10H2. The Hall–Kier alpha value is -3.29. The lowest BCUT2D eigenvalue weighted by Gasteiger charge is -2.36. The summed E-state index contributed by atoms with van der Waals surface area (Å²) in [7, 11) is 0. The van der Waals surface area contributed by atoms with E-state index in [1.54, 1.807) is 17.2 Å². The molecule has 5 rings (SSSR count). The zero-order chi connectivity index (χ0) is 16.6. The highest BCUT2D eigenvalue weighted by molar-refractivity contribution is 5.89. The smallest absolute Gasteiger partial charge is 0.177 e. The summed E-state index contributed by atoms with van der Waals surface area (Å²) < 4.78 is 1.71. The van der Waals surface area contributed by atoms with Gasteiger partial charge in [0.05, 0.1) is 5.52 Å². The normalized spacial score (nSPS) is 15.2. The Morgan fingerprint density at radius 1 is 0.840 bits per heavy atom. The van der Waals surface area contributed by atoms with Crippen molar-refractivity contribution in [2.24, 2.45) is 0 Å². The van der Waals surface area contributed by atoms with Crippen LogP contribution in [0.1, 0.15) is 0 Å². The predicted octanol–water partition coefficient (Wildman–Crippen LogP) is 1.39. The lowest BCUT2D eigenvalue weighted by molar-refractivity contribution is 0.637. The molecule has 0 bridgehead atoms. The summed E-state index contributed by atoms with van der Waals surface area (Å²) in [6, 6.07) is 12.1. The Labute approximate surface area is 143 Å². The number of anilines is 2. The molecule has 0 amide bonds. The summed E-state index contributed by atoms with van der Waals surface area (Å²) in [6.45, 7) is 3.56. The molecule has 0 aliphatic carbocycles. The summed E-state index contributed by atoms with van der Waals surface area (Å²) in [5.74, 6) is 1.95. The predicted molar refractivity (Wildman–Crippen MR) is 94.7 cm³/mol. The second kappa shape index (κ2) is 5.66. The quantitative estimate of drug-likeness (QED) is 0.549. The first kappa shape index (κ1) is 14.1. The zero-order valence-electron chi connectivity index (χ0n) is 13.5. The van der Waals surface area contributed by atoms with Crippen LogP contribution in [0.2, 0.25) is 0 Å². The van der Waals surface area contributed by atoms with Gasteiger partial charge in [-0.3, -0.25) is 0 Å². The Balaban J connectivity index is 1.38. The SMILES string of the molecule is c1ccc2c(N3CCN(c4ccc5nncn5n4)CC3)ncnc2c1. The van der Waals surface area contributed by atoms with Crippen LogP contribution >= 0.6 is 0 Å². The van der Waals surface area contributed by atoms with E-state index in [9.17, 15) is 0 Å². The number of para-hydroxylation sites is 1. The molecule has 4 heterocycles. The summed E-state index contributed by atoms with van der Waals surface area (Å²) in [5.41, 5.74) is 1.74. The molecule has 8 heteroatoms. The maximum atomic E-state index is 4.58. The van der Waals surface area contributed by atoms with Gasteiger partial charge in [0.15, 0.2) is 5.65 Å². The number of aromatic nitrogens is 6. The van der Waals surface area contributed by atoms with Gasteiger partial charge in [0.25, 0.3) is 0 Å². The average Bonchev–Trinajstić information content (AvgIpc) is 3.15. The third-order valence-electron chi connectivity index (χ3n) is 4.57. The summed E-state index contributed by atoms with van der Waals surface area (Å²) >= 11 is 0. The van der Waals surface area contributed by atoms with Crippen LogP contribution in [0, 0.1) is 0 Å². The molecule has 1 aliphatic heterocycles. The van der Waals surface area contributed by atoms with E-state index in [0.29, 0.717) is 0 Å². The van der Waals surface area contributed by atoms with Gasteiger partial charge in [0, 0.05) is 31.6 Å². The van der Waals surface area contributed by atoms with E-state index in [1.807, 2.05) is 30.3 Å². The van der Waals surface area contributed by atoms with Crippen molar-refractivity contribution in [2.75, 3.05) is 36.0 Å². The van der Waals surface area contributed by atoms with Crippen LogP contribution in [0.5, 0.6) is 0 Å². The lowest BCUT2D eigenvalue weighted by atomic mass is 10.2. The fourth-order valence-electron chi connectivity index (χ4n) is 3.28. The van der Waals surface area contributed by atoms with Crippen molar-refractivity contribution in [1.29, 1.82) is 0 Å². The molecule has 0 unspecified atom stereocenters. The van der Waals surface area contributed by atoms with Gasteiger partial charge in [-0.15, -0.1) is 15.3 Å². The molecular formula is C17H16N8. The van der Waals surface area contributed by atoms with Crippen LogP contribution in [0.4, 0.5) is 11.6 Å². The minimum absolute atomic E-state index is 0.759. The molecule has 1 saturated heterocycles. The average molecular weight is 332 g/mol. The molecule has 0 atom stereocenters. The molecule has 1 fully saturated rings. The van der Waals surface area contributed by atoms with E-state index in [1.165, 1.54) is 0 Å². The van der Waals surface area contributed by atoms with E-state index in [-0.39, 0.29) is 0 Å². The minimum atomic E-state index is 0.759. The minimum Gasteiger partial charge on any atom is -0.352 e. The number of fused-ring (bicyclic) bond motifs is 2. The Kier molecular flexibility index (Phi) is 3.19. The fraction of sp³-hybridized carbons (Fsp3) is 0.235. The molecule has 1 aromatic carbocycles. The molecule has 0 N–H and O–H groups in total. The van der Waals surface area contributed by atoms with Crippen molar-refractivity contribution in [3.63, 3.8) is 0 Å². The maximum Gasteiger partial charge on any atom is 0.177 e. The second-order valence-corrected chi connectivity index (χ2v) is 6.01. The van der Waals surface area contributed by atoms with Crippen molar-refractivity contribution < 1.29 is 0 Å². The number of piperazine rings is 1. The Morgan fingerprint density at radius 3 is 2.60 bits per heavy atom. The molecule has 3 aromatic heterocycles. The van der Waals surface area contributed by atoms with Crippen molar-refractivity contribution in [3.8, 4) is 0 Å². The molecule has 124 valence electrons. The van der Waals surface area contributed by atoms with E-state index < -0.39 is 0 Å². The van der Waals surface area contributed by atoms with Gasteiger partial charge in [0.1, 0.15) is 24.3 Å². The Bertz CT molecular complexity index is 1030. The van der Waals surface area contributed by atoms with E-state index in [2.05, 4.69) is 41.1 Å². The van der Waals surface area contributed by atoms with Crippen molar-refractivity contribution in [1.82, 2.24) is 29.8 Å². The van der Waals surface area contributed by atoms with Crippen LogP contribution < -0.4 is 9.80 Å². The van der Waals surface area contributed by atoms with Crippen LogP contribution in [-0.4, -0.2) is 56.0 Å². The van der Waals surface area contributed by atoms with Crippen molar-refractivity contribution in [2.45, 2.75) is 0 Å². The molecule has 0 saturated carbocycles. The van der Waals surface area contributed by atoms with Gasteiger partial charge in [-0.2, -0.15) is 4.52 Å². The molecular weight excluding hydrogens is 316 g/mol. The van der Waals surface area contributed by atoms with E-state index >= 15 is 0 Å². The molecule has 25 heavy (non-hydrogen) atoms. The largest absolute Gasteiger partial charge is 0.352 e. The third-order valence-corrected chi connectivity index (χ3v) is 4.57. The van der Waals surface area contributed by atoms with Gasteiger partial charge in [-0.25, -0.2) is 9.97 Å². The maximum absolute atomic E-state index is 4.58. The molecule has 1 aliphatic rings. The van der Waals surface area contributed by atoms with Gasteiger partial charge >= 0.3 is 0 Å². The summed E-state index contributed by atoms with van der Waals surface area (Å²) in [6.07, 6.45) is 3.27. The van der Waals surface area contributed by atoms with Gasteiger partial charge in [-0.1, -0.05) is 12.1 Å². The highest BCUT2D eigenvalue weighted by Gasteiger charge is 2.21. The van der Waals surface area contributed by atoms with Gasteiger partial charge in [-0.05, 0) is 24.3 Å². The summed E-state index contributed by atoms with van der Waals surface area (Å²) in [4.78, 5) is 13.5. The van der Waals surface area contributed by atoms with Gasteiger partial charge in [0.2, 0.25) is 0 Å². The van der Waals surface area contributed by atoms with E-state index in [4.69, 9.17) is 0 Å². The lowest BCUT2D eigenvalue weighted by Crippen LogP contribution is -2.47. The van der Waals surface area contributed by atoms with Crippen molar-refractivity contribution >= 4 is 28.2 Å². The highest BCUT2D eigenvalue weighted by atomic mass is 15.4. The highest BCUT2D eigenvalue weighted by Crippen LogP contribution is 2.24. The fourth-order valence-corrected chi connectivity index (χ4v) is 3.28. The number of hydrogen-bond donors (Lipinski definition) is 0. The van der Waals surface area contributed by atoms with E-state index in [0.717, 1.165) is 54.4 Å². The third kappa shape index (κ3) is 2.42. The van der Waals surface area contributed by atoms with Gasteiger partial charge < -0.3 is 9.80 Å². The molecule has 4 aromatic rings. The van der Waals surface area contributed by atoms with Crippen LogP contribution in [0.25, 0.3) is 16.6 Å². The first-order chi connectivity index (χ1) is 12.4. The van der Waals surface area contributed by atoms with Crippen LogP contribution in [-0.2, 0) is 0 Å². The number of benzene rings is 1. The second-order valence-electron chi connectivity index (χ2n) is 6.01. The first-order valence-electron chi connectivity index (χ1n) is 8.25. The topological polar surface area (TPSA) is 75.3 Å². The molecule has 0 spiro atoms. The first-order valence-corrected chi connectivity index (χ1v) is 8.25. The number of nitrogens with zero attached hydrogens (tertiary/aromatic N) is 8. The number of hydrogen-bond acceptors (Lipinski definition) is 7. The zero-order valence-corrected chi connectivity index (χ0v) is 13.5.